The van der Waals surface area contributed by atoms with Crippen LogP contribution in [-0.4, -0.2) is 39.3 Å². The lowest BCUT2D eigenvalue weighted by Gasteiger charge is -2.27. The number of piperidine rings is 1. The van der Waals surface area contributed by atoms with Crippen LogP contribution in [0.3, 0.4) is 0 Å². The lowest BCUT2D eigenvalue weighted by molar-refractivity contribution is -0.137. The smallest absolute Gasteiger partial charge is 0.416 e. The average molecular weight is 341 g/mol. The monoisotopic (exact) mass is 341 g/mol. The zero-order valence-electron chi connectivity index (χ0n) is 12.5. The van der Waals surface area contributed by atoms with E-state index in [1.807, 2.05) is 0 Å². The van der Waals surface area contributed by atoms with Crippen molar-refractivity contribution in [2.24, 2.45) is 0 Å². The predicted octanol–water partition coefficient (Wildman–Crippen LogP) is 3.61. The summed E-state index contributed by atoms with van der Waals surface area (Å²) in [4.78, 5) is 16.4. The summed E-state index contributed by atoms with van der Waals surface area (Å²) in [7, 11) is 0. The highest BCUT2D eigenvalue weighted by Gasteiger charge is 2.30. The standard InChI is InChI=1S/C15H14F3N3O3/c16-15(17,18)11-3-1-9(2-4-11)12-19-13(24-20-12)10-5-7-21(8-6-10)14(22)23/h1-4,10H,5-8H2,(H,22,23). The van der Waals surface area contributed by atoms with E-state index in [4.69, 9.17) is 9.63 Å². The molecule has 0 bridgehead atoms. The molecule has 0 spiro atoms. The number of aromatic nitrogens is 2. The SMILES string of the molecule is O=C(O)N1CCC(c2nc(-c3ccc(C(F)(F)F)cc3)no2)CC1. The van der Waals surface area contributed by atoms with Gasteiger partial charge in [-0.25, -0.2) is 4.79 Å². The molecule has 1 amide bonds. The van der Waals surface area contributed by atoms with Gasteiger partial charge in [-0.15, -0.1) is 0 Å². The minimum absolute atomic E-state index is 0.0451. The Kier molecular flexibility index (Phi) is 4.16. The van der Waals surface area contributed by atoms with Crippen LogP contribution in [-0.2, 0) is 6.18 Å². The molecule has 128 valence electrons. The summed E-state index contributed by atoms with van der Waals surface area (Å²) >= 11 is 0. The van der Waals surface area contributed by atoms with Gasteiger partial charge in [-0.3, -0.25) is 0 Å². The van der Waals surface area contributed by atoms with Crippen molar-refractivity contribution < 1.29 is 27.6 Å². The maximum absolute atomic E-state index is 12.6. The third kappa shape index (κ3) is 3.34. The Morgan fingerprint density at radius 1 is 1.21 bits per heavy atom. The molecule has 1 N–H and O–H groups in total. The number of carbonyl (C=O) groups is 1. The van der Waals surface area contributed by atoms with E-state index in [2.05, 4.69) is 10.1 Å². The second-order valence-electron chi connectivity index (χ2n) is 5.58. The molecule has 24 heavy (non-hydrogen) atoms. The van der Waals surface area contributed by atoms with Crippen LogP contribution in [0, 0.1) is 0 Å². The highest BCUT2D eigenvalue weighted by Crippen LogP contribution is 2.31. The molecule has 1 aromatic heterocycles. The van der Waals surface area contributed by atoms with Crippen LogP contribution in [0.1, 0.15) is 30.2 Å². The van der Waals surface area contributed by atoms with Crippen molar-refractivity contribution in [1.82, 2.24) is 15.0 Å². The van der Waals surface area contributed by atoms with Gasteiger partial charge in [0.15, 0.2) is 0 Å². The van der Waals surface area contributed by atoms with Crippen LogP contribution in [0.5, 0.6) is 0 Å². The number of likely N-dealkylation sites (tertiary alicyclic amines) is 1. The molecule has 1 aliphatic heterocycles. The Balaban J connectivity index is 1.71. The third-order valence-corrected chi connectivity index (χ3v) is 4.03. The Morgan fingerprint density at radius 3 is 2.38 bits per heavy atom. The van der Waals surface area contributed by atoms with Gasteiger partial charge in [0.05, 0.1) is 5.56 Å². The van der Waals surface area contributed by atoms with E-state index in [1.165, 1.54) is 17.0 Å². The number of benzene rings is 1. The van der Waals surface area contributed by atoms with Gasteiger partial charge >= 0.3 is 12.3 Å². The first-order valence-corrected chi connectivity index (χ1v) is 7.33. The third-order valence-electron chi connectivity index (χ3n) is 4.03. The molecule has 1 aliphatic rings. The van der Waals surface area contributed by atoms with Gasteiger partial charge in [0.25, 0.3) is 0 Å². The van der Waals surface area contributed by atoms with Gasteiger partial charge < -0.3 is 14.5 Å². The zero-order chi connectivity index (χ0) is 17.3. The molecule has 6 nitrogen and oxygen atoms in total. The Morgan fingerprint density at radius 2 is 1.83 bits per heavy atom. The molecule has 2 aromatic rings. The quantitative estimate of drug-likeness (QED) is 0.902. The van der Waals surface area contributed by atoms with E-state index in [-0.39, 0.29) is 11.7 Å². The van der Waals surface area contributed by atoms with Crippen LogP contribution in [0.15, 0.2) is 28.8 Å². The number of alkyl halides is 3. The van der Waals surface area contributed by atoms with E-state index < -0.39 is 17.8 Å². The Labute approximate surface area is 134 Å². The molecule has 0 saturated carbocycles. The topological polar surface area (TPSA) is 79.5 Å². The van der Waals surface area contributed by atoms with Crippen LogP contribution < -0.4 is 0 Å². The molecule has 0 atom stereocenters. The number of carboxylic acid groups (broad SMARTS) is 1. The van der Waals surface area contributed by atoms with Crippen molar-refractivity contribution in [3.63, 3.8) is 0 Å². The van der Waals surface area contributed by atoms with Gasteiger partial charge in [-0.1, -0.05) is 17.3 Å². The predicted molar refractivity (Wildman–Crippen MR) is 76.3 cm³/mol. The minimum Gasteiger partial charge on any atom is -0.465 e. The average Bonchev–Trinajstić information content (AvgIpc) is 3.04. The minimum atomic E-state index is -4.39. The number of hydrogen-bond acceptors (Lipinski definition) is 4. The summed E-state index contributed by atoms with van der Waals surface area (Å²) in [6.07, 6.45) is -4.20. The van der Waals surface area contributed by atoms with Crippen molar-refractivity contribution in [3.8, 4) is 11.4 Å². The number of amides is 1. The molecular formula is C15H14F3N3O3. The van der Waals surface area contributed by atoms with Gasteiger partial charge in [0.1, 0.15) is 0 Å². The Bertz CT molecular complexity index is 720. The first-order valence-electron chi connectivity index (χ1n) is 7.33. The summed E-state index contributed by atoms with van der Waals surface area (Å²) in [5, 5.41) is 12.7. The van der Waals surface area contributed by atoms with Gasteiger partial charge in [0.2, 0.25) is 11.7 Å². The fourth-order valence-corrected chi connectivity index (χ4v) is 2.64. The van der Waals surface area contributed by atoms with E-state index in [0.29, 0.717) is 37.4 Å². The van der Waals surface area contributed by atoms with E-state index in [0.717, 1.165) is 12.1 Å². The summed E-state index contributed by atoms with van der Waals surface area (Å²) in [5.74, 6) is 0.561. The number of rotatable bonds is 2. The first-order chi connectivity index (χ1) is 11.3. The van der Waals surface area contributed by atoms with E-state index in [9.17, 15) is 18.0 Å². The van der Waals surface area contributed by atoms with E-state index >= 15 is 0 Å². The van der Waals surface area contributed by atoms with Crippen molar-refractivity contribution in [2.45, 2.75) is 24.9 Å². The molecule has 0 unspecified atom stereocenters. The summed E-state index contributed by atoms with van der Waals surface area (Å²) in [6, 6.07) is 4.53. The fourth-order valence-electron chi connectivity index (χ4n) is 2.64. The summed E-state index contributed by atoms with van der Waals surface area (Å²) < 4.78 is 42.9. The first kappa shape index (κ1) is 16.3. The van der Waals surface area contributed by atoms with Gasteiger partial charge in [-0.2, -0.15) is 18.2 Å². The van der Waals surface area contributed by atoms with E-state index in [1.54, 1.807) is 0 Å². The molecule has 1 fully saturated rings. The molecule has 0 aliphatic carbocycles. The van der Waals surface area contributed by atoms with Crippen LogP contribution in [0.4, 0.5) is 18.0 Å². The van der Waals surface area contributed by atoms with Crippen LogP contribution >= 0.6 is 0 Å². The largest absolute Gasteiger partial charge is 0.465 e. The number of nitrogens with zero attached hydrogens (tertiary/aromatic N) is 3. The second-order valence-corrected chi connectivity index (χ2v) is 5.58. The van der Waals surface area contributed by atoms with Crippen molar-refractivity contribution in [1.29, 1.82) is 0 Å². The Hall–Kier alpha value is -2.58. The number of halogens is 3. The molecule has 1 aromatic carbocycles. The normalized spacial score (nSPS) is 16.4. The van der Waals surface area contributed by atoms with Crippen molar-refractivity contribution in [2.75, 3.05) is 13.1 Å². The molecular weight excluding hydrogens is 327 g/mol. The molecule has 3 rings (SSSR count). The molecule has 0 radical (unpaired) electrons. The van der Waals surface area contributed by atoms with Crippen molar-refractivity contribution >= 4 is 6.09 Å². The lowest BCUT2D eigenvalue weighted by Crippen LogP contribution is -2.36. The summed E-state index contributed by atoms with van der Waals surface area (Å²) in [6.45, 7) is 0.774. The van der Waals surface area contributed by atoms with Crippen molar-refractivity contribution in [3.05, 3.63) is 35.7 Å². The van der Waals surface area contributed by atoms with Crippen LogP contribution in [0.2, 0.25) is 0 Å². The highest BCUT2D eigenvalue weighted by atomic mass is 19.4. The number of hydrogen-bond donors (Lipinski definition) is 1. The van der Waals surface area contributed by atoms with Gasteiger partial charge in [0, 0.05) is 24.6 Å². The zero-order valence-corrected chi connectivity index (χ0v) is 12.5. The molecule has 2 heterocycles. The fraction of sp³-hybridized carbons (Fsp3) is 0.400. The maximum Gasteiger partial charge on any atom is 0.416 e. The lowest BCUT2D eigenvalue weighted by atomic mass is 9.97. The maximum atomic E-state index is 12.6. The molecule has 9 heteroatoms. The second kappa shape index (κ2) is 6.14. The summed E-state index contributed by atoms with van der Waals surface area (Å²) in [5.41, 5.74) is -0.308. The molecule has 1 saturated heterocycles. The van der Waals surface area contributed by atoms with Crippen LogP contribution in [0.25, 0.3) is 11.4 Å². The van der Waals surface area contributed by atoms with Gasteiger partial charge in [-0.05, 0) is 25.0 Å². The highest BCUT2D eigenvalue weighted by molar-refractivity contribution is 5.65.